The van der Waals surface area contributed by atoms with Gasteiger partial charge < -0.3 is 18.9 Å². The number of ether oxygens (including phenoxy) is 4. The van der Waals surface area contributed by atoms with Gasteiger partial charge in [-0.05, 0) is 55.3 Å². The summed E-state index contributed by atoms with van der Waals surface area (Å²) in [7, 11) is 1.52. The Bertz CT molecular complexity index is 795. The van der Waals surface area contributed by atoms with Crippen LogP contribution in [0, 0.1) is 13.8 Å². The molecule has 144 valence electrons. The van der Waals surface area contributed by atoms with Gasteiger partial charge in [-0.2, -0.15) is 0 Å². The van der Waals surface area contributed by atoms with Crippen LogP contribution in [0.4, 0.5) is 0 Å². The molecule has 0 saturated heterocycles. The molecule has 0 fully saturated rings. The van der Waals surface area contributed by atoms with E-state index in [-0.39, 0.29) is 24.5 Å². The molecule has 0 N–H and O–H groups in total. The molecule has 0 radical (unpaired) electrons. The number of benzene rings is 2. The fourth-order valence-electron chi connectivity index (χ4n) is 2.40. The van der Waals surface area contributed by atoms with Crippen LogP contribution < -0.4 is 9.47 Å². The first-order chi connectivity index (χ1) is 12.9. The molecule has 0 aliphatic heterocycles. The Morgan fingerprint density at radius 3 is 2.41 bits per heavy atom. The fraction of sp³-hybridized carbons (Fsp3) is 0.300. The Labute approximate surface area is 166 Å². The normalized spacial score (nSPS) is 10.4. The summed E-state index contributed by atoms with van der Waals surface area (Å²) < 4.78 is 21.7. The summed E-state index contributed by atoms with van der Waals surface area (Å²) in [6, 6.07) is 10.0. The van der Waals surface area contributed by atoms with Crippen LogP contribution in [0.2, 0.25) is 0 Å². The zero-order chi connectivity index (χ0) is 19.8. The zero-order valence-corrected chi connectivity index (χ0v) is 17.0. The van der Waals surface area contributed by atoms with Crippen molar-refractivity contribution >= 4 is 27.9 Å². The summed E-state index contributed by atoms with van der Waals surface area (Å²) >= 11 is 3.42. The van der Waals surface area contributed by atoms with Crippen molar-refractivity contribution in [1.82, 2.24) is 0 Å². The smallest absolute Gasteiger partial charge is 0.349 e. The molecule has 2 rings (SSSR count). The maximum Gasteiger partial charge on any atom is 0.349 e. The lowest BCUT2D eigenvalue weighted by atomic mass is 10.1. The maximum atomic E-state index is 12.1. The molecule has 6 nitrogen and oxygen atoms in total. The van der Waals surface area contributed by atoms with Gasteiger partial charge in [0.05, 0.1) is 12.2 Å². The van der Waals surface area contributed by atoms with E-state index in [1.54, 1.807) is 18.2 Å². The number of halogens is 1. The van der Waals surface area contributed by atoms with Crippen LogP contribution in [-0.2, 0) is 14.3 Å². The number of aryl methyl sites for hydroxylation is 2. The summed E-state index contributed by atoms with van der Waals surface area (Å²) in [5, 5.41) is 0. The highest BCUT2D eigenvalue weighted by molar-refractivity contribution is 9.10. The zero-order valence-electron chi connectivity index (χ0n) is 15.4. The van der Waals surface area contributed by atoms with Crippen LogP contribution in [0.25, 0.3) is 0 Å². The average molecular weight is 437 g/mol. The van der Waals surface area contributed by atoms with E-state index in [9.17, 15) is 9.59 Å². The van der Waals surface area contributed by atoms with E-state index >= 15 is 0 Å². The maximum absolute atomic E-state index is 12.1. The lowest BCUT2D eigenvalue weighted by Crippen LogP contribution is -2.18. The van der Waals surface area contributed by atoms with Crippen LogP contribution >= 0.6 is 15.9 Å². The molecule has 0 unspecified atom stereocenters. The van der Waals surface area contributed by atoms with Gasteiger partial charge >= 0.3 is 11.9 Å². The standard InChI is InChI=1S/C20H21BrO6/c1-13-9-16(21)10-14(2)19(13)26-12-18(22)27-17-6-4-5-15(11-17)20(23)25-8-7-24-3/h4-6,9-11H,7-8,12H2,1-3H3. The lowest BCUT2D eigenvalue weighted by Gasteiger charge is -2.12. The Morgan fingerprint density at radius 2 is 1.74 bits per heavy atom. The van der Waals surface area contributed by atoms with Gasteiger partial charge in [-0.3, -0.25) is 0 Å². The van der Waals surface area contributed by atoms with Crippen molar-refractivity contribution in [2.75, 3.05) is 26.9 Å². The van der Waals surface area contributed by atoms with Crippen molar-refractivity contribution < 1.29 is 28.5 Å². The quantitative estimate of drug-likeness (QED) is 0.355. The molecule has 0 heterocycles. The molecule has 0 bridgehead atoms. The highest BCUT2D eigenvalue weighted by Gasteiger charge is 2.13. The molecule has 0 amide bonds. The summed E-state index contributed by atoms with van der Waals surface area (Å²) in [4.78, 5) is 24.0. The first kappa shape index (κ1) is 20.9. The lowest BCUT2D eigenvalue weighted by molar-refractivity contribution is -0.136. The van der Waals surface area contributed by atoms with E-state index < -0.39 is 11.9 Å². The van der Waals surface area contributed by atoms with Gasteiger partial charge in [0.1, 0.15) is 18.1 Å². The van der Waals surface area contributed by atoms with E-state index in [1.807, 2.05) is 26.0 Å². The number of hydrogen-bond donors (Lipinski definition) is 0. The third kappa shape index (κ3) is 6.37. The van der Waals surface area contributed by atoms with Crippen molar-refractivity contribution in [2.24, 2.45) is 0 Å². The third-order valence-electron chi connectivity index (χ3n) is 3.58. The number of carbonyl (C=O) groups excluding carboxylic acids is 2. The Morgan fingerprint density at radius 1 is 1.04 bits per heavy atom. The second-order valence-corrected chi connectivity index (χ2v) is 6.70. The van der Waals surface area contributed by atoms with E-state index in [2.05, 4.69) is 15.9 Å². The molecule has 2 aromatic rings. The van der Waals surface area contributed by atoms with Crippen molar-refractivity contribution in [3.63, 3.8) is 0 Å². The van der Waals surface area contributed by atoms with Crippen LogP contribution in [0.1, 0.15) is 21.5 Å². The number of carbonyl (C=O) groups is 2. The number of esters is 2. The van der Waals surface area contributed by atoms with Crippen LogP contribution in [0.3, 0.4) is 0 Å². The molecule has 0 atom stereocenters. The number of rotatable bonds is 8. The minimum Gasteiger partial charge on any atom is -0.481 e. The molecule has 0 aliphatic rings. The largest absolute Gasteiger partial charge is 0.481 e. The summed E-state index contributed by atoms with van der Waals surface area (Å²) in [6.45, 7) is 4.02. The topological polar surface area (TPSA) is 71.1 Å². The fourth-order valence-corrected chi connectivity index (χ4v) is 3.09. The minimum absolute atomic E-state index is 0.152. The van der Waals surface area contributed by atoms with Crippen LogP contribution in [-0.4, -0.2) is 38.9 Å². The van der Waals surface area contributed by atoms with Gasteiger partial charge in [0, 0.05) is 11.6 Å². The molecule has 2 aromatic carbocycles. The Balaban J connectivity index is 1.94. The highest BCUT2D eigenvalue weighted by Crippen LogP contribution is 2.27. The predicted octanol–water partition coefficient (Wildman–Crippen LogP) is 3.85. The van der Waals surface area contributed by atoms with Crippen LogP contribution in [0.5, 0.6) is 11.5 Å². The number of hydrogen-bond acceptors (Lipinski definition) is 6. The molecule has 0 spiro atoms. The van der Waals surface area contributed by atoms with Gasteiger partial charge in [-0.15, -0.1) is 0 Å². The average Bonchev–Trinajstić information content (AvgIpc) is 2.61. The van der Waals surface area contributed by atoms with Crippen molar-refractivity contribution in [1.29, 1.82) is 0 Å². The monoisotopic (exact) mass is 436 g/mol. The highest BCUT2D eigenvalue weighted by atomic mass is 79.9. The molecule has 0 aromatic heterocycles. The minimum atomic E-state index is -0.568. The second-order valence-electron chi connectivity index (χ2n) is 5.79. The molecule has 7 heteroatoms. The Kier molecular flexibility index (Phi) is 7.82. The van der Waals surface area contributed by atoms with Crippen molar-refractivity contribution in [3.8, 4) is 11.5 Å². The summed E-state index contributed by atoms with van der Waals surface area (Å²) in [5.74, 6) is -0.191. The Hall–Kier alpha value is -2.38. The molecular formula is C20H21BrO6. The molecular weight excluding hydrogens is 416 g/mol. The molecule has 27 heavy (non-hydrogen) atoms. The van der Waals surface area contributed by atoms with E-state index in [1.165, 1.54) is 13.2 Å². The van der Waals surface area contributed by atoms with Crippen molar-refractivity contribution in [2.45, 2.75) is 13.8 Å². The first-order valence-electron chi connectivity index (χ1n) is 8.27. The molecule has 0 saturated carbocycles. The van der Waals surface area contributed by atoms with Gasteiger partial charge in [0.25, 0.3) is 0 Å². The van der Waals surface area contributed by atoms with Gasteiger partial charge in [-0.1, -0.05) is 22.0 Å². The number of methoxy groups -OCH3 is 1. The SMILES string of the molecule is COCCOC(=O)c1cccc(OC(=O)COc2c(C)cc(Br)cc2C)c1. The molecule has 0 aliphatic carbocycles. The van der Waals surface area contributed by atoms with Gasteiger partial charge in [0.15, 0.2) is 6.61 Å². The van der Waals surface area contributed by atoms with E-state index in [0.717, 1.165) is 15.6 Å². The van der Waals surface area contributed by atoms with Gasteiger partial charge in [-0.25, -0.2) is 9.59 Å². The van der Waals surface area contributed by atoms with E-state index in [0.29, 0.717) is 12.4 Å². The summed E-state index contributed by atoms with van der Waals surface area (Å²) in [6.07, 6.45) is 0. The van der Waals surface area contributed by atoms with Gasteiger partial charge in [0.2, 0.25) is 0 Å². The van der Waals surface area contributed by atoms with E-state index in [4.69, 9.17) is 18.9 Å². The predicted molar refractivity (Wildman–Crippen MR) is 103 cm³/mol. The van der Waals surface area contributed by atoms with Crippen LogP contribution in [0.15, 0.2) is 40.9 Å². The summed E-state index contributed by atoms with van der Waals surface area (Å²) in [5.41, 5.74) is 2.11. The second kappa shape index (κ2) is 10.1. The third-order valence-corrected chi connectivity index (χ3v) is 4.04. The first-order valence-corrected chi connectivity index (χ1v) is 9.06. The van der Waals surface area contributed by atoms with Crippen molar-refractivity contribution in [3.05, 3.63) is 57.6 Å².